The van der Waals surface area contributed by atoms with Crippen molar-refractivity contribution in [2.75, 3.05) is 11.6 Å². The van der Waals surface area contributed by atoms with Crippen molar-refractivity contribution in [1.82, 2.24) is 19.3 Å². The van der Waals surface area contributed by atoms with E-state index in [0.29, 0.717) is 5.13 Å². The average Bonchev–Trinajstić information content (AvgIpc) is 3.50. The van der Waals surface area contributed by atoms with Crippen molar-refractivity contribution in [3.63, 3.8) is 0 Å². The Morgan fingerprint density at radius 3 is 2.50 bits per heavy atom. The number of hydrogen-bond donors (Lipinski definition) is 2. The number of aromatic nitrogens is 3. The van der Waals surface area contributed by atoms with Gasteiger partial charge in [-0.05, 0) is 42.3 Å². The molecule has 0 saturated heterocycles. The van der Waals surface area contributed by atoms with Gasteiger partial charge < -0.3 is 10.6 Å². The zero-order chi connectivity index (χ0) is 24.3. The molecule has 0 saturated carbocycles. The van der Waals surface area contributed by atoms with Gasteiger partial charge in [-0.3, -0.25) is 18.5 Å². The zero-order valence-electron chi connectivity index (χ0n) is 18.3. The summed E-state index contributed by atoms with van der Waals surface area (Å²) < 4.78 is 24.1. The van der Waals surface area contributed by atoms with Crippen LogP contribution in [0.1, 0.15) is 17.3 Å². The Bertz CT molecular complexity index is 1440. The van der Waals surface area contributed by atoms with Gasteiger partial charge in [-0.2, -0.15) is 0 Å². The van der Waals surface area contributed by atoms with Gasteiger partial charge in [-0.25, -0.2) is 13.4 Å². The molecule has 1 atom stereocenters. The number of nitrogens with one attached hydrogen (secondary N) is 2. The lowest BCUT2D eigenvalue weighted by atomic mass is 10.0. The van der Waals surface area contributed by atoms with Crippen molar-refractivity contribution < 1.29 is 18.0 Å². The van der Waals surface area contributed by atoms with Crippen molar-refractivity contribution in [3.05, 3.63) is 78.2 Å². The van der Waals surface area contributed by atoms with Crippen LogP contribution in [-0.2, 0) is 14.8 Å². The average molecular weight is 496 g/mol. The first-order chi connectivity index (χ1) is 16.2. The van der Waals surface area contributed by atoms with Crippen molar-refractivity contribution in [1.29, 1.82) is 0 Å². The first-order valence-corrected chi connectivity index (χ1v) is 12.9. The minimum atomic E-state index is -3.49. The minimum absolute atomic E-state index is 0.135. The van der Waals surface area contributed by atoms with E-state index in [-0.39, 0.29) is 5.56 Å². The fourth-order valence-corrected chi connectivity index (χ4v) is 4.45. The summed E-state index contributed by atoms with van der Waals surface area (Å²) in [6.45, 7) is 1.54. The number of anilines is 1. The predicted molar refractivity (Wildman–Crippen MR) is 131 cm³/mol. The molecule has 4 aromatic rings. The summed E-state index contributed by atoms with van der Waals surface area (Å²) in [5.41, 5.74) is 3.82. The van der Waals surface area contributed by atoms with Gasteiger partial charge in [0.05, 0.1) is 17.5 Å². The lowest BCUT2D eigenvalue weighted by Crippen LogP contribution is -2.41. The molecule has 11 heteroatoms. The summed E-state index contributed by atoms with van der Waals surface area (Å²) in [4.78, 5) is 33.5. The third-order valence-corrected chi connectivity index (χ3v) is 6.71. The largest absolute Gasteiger partial charge is 0.340 e. The van der Waals surface area contributed by atoms with E-state index in [1.54, 1.807) is 12.4 Å². The number of benzene rings is 1. The number of nitrogens with zero attached hydrogens (tertiary/aromatic N) is 3. The van der Waals surface area contributed by atoms with Gasteiger partial charge in [0.25, 0.3) is 5.91 Å². The number of amides is 2. The van der Waals surface area contributed by atoms with Crippen LogP contribution in [0.4, 0.5) is 5.13 Å². The molecule has 1 unspecified atom stereocenters. The maximum absolute atomic E-state index is 12.6. The van der Waals surface area contributed by atoms with Gasteiger partial charge in [0.1, 0.15) is 6.04 Å². The number of carbonyl (C=O) groups is 2. The molecule has 1 aromatic carbocycles. The summed E-state index contributed by atoms with van der Waals surface area (Å²) in [5.74, 6) is -1.000. The van der Waals surface area contributed by atoms with Crippen LogP contribution in [0.2, 0.25) is 0 Å². The fraction of sp³-hybridized carbons (Fsp3) is 0.130. The molecule has 4 rings (SSSR count). The van der Waals surface area contributed by atoms with E-state index in [1.807, 2.05) is 41.8 Å². The highest BCUT2D eigenvalue weighted by atomic mass is 32.2. The molecule has 0 radical (unpaired) electrons. The molecular weight excluding hydrogens is 474 g/mol. The van der Waals surface area contributed by atoms with Crippen molar-refractivity contribution in [2.45, 2.75) is 13.0 Å². The van der Waals surface area contributed by atoms with Gasteiger partial charge in [-0.15, -0.1) is 11.3 Å². The molecule has 0 aliphatic heterocycles. The summed E-state index contributed by atoms with van der Waals surface area (Å²) in [5, 5.41) is 7.51. The Hall–Kier alpha value is -3.83. The van der Waals surface area contributed by atoms with Crippen LogP contribution >= 0.6 is 11.3 Å². The van der Waals surface area contributed by atoms with E-state index in [9.17, 15) is 18.0 Å². The number of thiazole rings is 1. The molecule has 9 nitrogen and oxygen atoms in total. The Morgan fingerprint density at radius 1 is 1.06 bits per heavy atom. The highest BCUT2D eigenvalue weighted by Gasteiger charge is 2.19. The molecule has 34 heavy (non-hydrogen) atoms. The molecule has 0 spiro atoms. The fourth-order valence-electron chi connectivity index (χ4n) is 3.14. The van der Waals surface area contributed by atoms with Crippen LogP contribution in [0.3, 0.4) is 0 Å². The molecule has 2 amide bonds. The molecule has 0 bridgehead atoms. The van der Waals surface area contributed by atoms with Crippen LogP contribution in [0.15, 0.2) is 72.6 Å². The molecule has 0 aliphatic rings. The topological polar surface area (TPSA) is 123 Å². The monoisotopic (exact) mass is 495 g/mol. The number of rotatable bonds is 7. The summed E-state index contributed by atoms with van der Waals surface area (Å²) >= 11 is 1.28. The van der Waals surface area contributed by atoms with Crippen LogP contribution in [0, 0.1) is 0 Å². The van der Waals surface area contributed by atoms with Gasteiger partial charge >= 0.3 is 0 Å². The minimum Gasteiger partial charge on any atom is -0.340 e. The maximum Gasteiger partial charge on any atom is 0.253 e. The van der Waals surface area contributed by atoms with Crippen molar-refractivity contribution in [3.8, 4) is 22.4 Å². The number of carbonyl (C=O) groups excluding carboxylic acids is 2. The van der Waals surface area contributed by atoms with Gasteiger partial charge in [-0.1, -0.05) is 18.2 Å². The van der Waals surface area contributed by atoms with Crippen LogP contribution in [0.5, 0.6) is 0 Å². The third kappa shape index (κ3) is 5.38. The van der Waals surface area contributed by atoms with Gasteiger partial charge in [0.15, 0.2) is 5.13 Å². The lowest BCUT2D eigenvalue weighted by Gasteiger charge is -2.12. The molecule has 0 aliphatic carbocycles. The first-order valence-electron chi connectivity index (χ1n) is 10.2. The SMILES string of the molecule is CC(NC(=O)c1ccn(S(C)(=O)=O)c1)C(=O)Nc1nc(-c2cccc(-c3ccncc3)c2)cs1. The second kappa shape index (κ2) is 9.57. The van der Waals surface area contributed by atoms with Crippen LogP contribution in [-0.4, -0.2) is 46.5 Å². The molecular formula is C23H21N5O4S2. The van der Waals surface area contributed by atoms with E-state index in [0.717, 1.165) is 32.6 Å². The Kier molecular flexibility index (Phi) is 6.57. The van der Waals surface area contributed by atoms with Crippen LogP contribution in [0.25, 0.3) is 22.4 Å². The predicted octanol–water partition coefficient (Wildman–Crippen LogP) is 3.24. The highest BCUT2D eigenvalue weighted by Crippen LogP contribution is 2.28. The van der Waals surface area contributed by atoms with E-state index in [4.69, 9.17) is 0 Å². The Balaban J connectivity index is 1.40. The molecule has 2 N–H and O–H groups in total. The van der Waals surface area contributed by atoms with E-state index >= 15 is 0 Å². The molecule has 3 aromatic heterocycles. The summed E-state index contributed by atoms with van der Waals surface area (Å²) in [6.07, 6.45) is 6.97. The normalized spacial score (nSPS) is 12.2. The third-order valence-electron chi connectivity index (χ3n) is 4.96. The Labute approximate surface area is 200 Å². The maximum atomic E-state index is 12.6. The lowest BCUT2D eigenvalue weighted by molar-refractivity contribution is -0.117. The zero-order valence-corrected chi connectivity index (χ0v) is 19.9. The van der Waals surface area contributed by atoms with Gasteiger partial charge in [0, 0.05) is 35.7 Å². The van der Waals surface area contributed by atoms with E-state index in [1.165, 1.54) is 36.7 Å². The highest BCUT2D eigenvalue weighted by molar-refractivity contribution is 7.89. The second-order valence-electron chi connectivity index (χ2n) is 7.53. The number of pyridine rings is 1. The molecule has 0 fully saturated rings. The summed E-state index contributed by atoms with van der Waals surface area (Å²) in [6, 6.07) is 12.3. The Morgan fingerprint density at radius 2 is 1.79 bits per heavy atom. The quantitative estimate of drug-likeness (QED) is 0.406. The smallest absolute Gasteiger partial charge is 0.253 e. The van der Waals surface area contributed by atoms with Crippen LogP contribution < -0.4 is 10.6 Å². The van der Waals surface area contributed by atoms with E-state index in [2.05, 4.69) is 20.6 Å². The van der Waals surface area contributed by atoms with E-state index < -0.39 is 27.9 Å². The second-order valence-corrected chi connectivity index (χ2v) is 10.3. The van der Waals surface area contributed by atoms with Crippen molar-refractivity contribution in [2.24, 2.45) is 0 Å². The molecule has 174 valence electrons. The molecule has 3 heterocycles. The number of hydrogen-bond acceptors (Lipinski definition) is 7. The van der Waals surface area contributed by atoms with Crippen molar-refractivity contribution >= 4 is 38.3 Å². The standard InChI is InChI=1S/C23H21N5O4S2/c1-15(25-22(30)19-8-11-28(13-19)34(2,31)32)21(29)27-23-26-20(14-33-23)18-5-3-4-17(12-18)16-6-9-24-10-7-16/h3-15H,1-2H3,(H,25,30)(H,26,27,29). The first kappa shape index (κ1) is 23.3. The summed E-state index contributed by atoms with van der Waals surface area (Å²) in [7, 11) is -3.49. The van der Waals surface area contributed by atoms with Gasteiger partial charge in [0.2, 0.25) is 15.9 Å².